The summed E-state index contributed by atoms with van der Waals surface area (Å²) in [6.45, 7) is 1.41. The van der Waals surface area contributed by atoms with Gasteiger partial charge in [-0.15, -0.1) is 0 Å². The van der Waals surface area contributed by atoms with Gasteiger partial charge >= 0.3 is 0 Å². The van der Waals surface area contributed by atoms with E-state index in [0.717, 1.165) is 12.1 Å². The lowest BCUT2D eigenvalue weighted by Gasteiger charge is -2.06. The van der Waals surface area contributed by atoms with Crippen LogP contribution in [-0.2, 0) is 0 Å². The van der Waals surface area contributed by atoms with Gasteiger partial charge in [-0.2, -0.15) is 0 Å². The third-order valence-electron chi connectivity index (χ3n) is 1.55. The van der Waals surface area contributed by atoms with Gasteiger partial charge in [0.1, 0.15) is 11.6 Å². The molecular formula is C8H9FN2O. The van der Waals surface area contributed by atoms with E-state index >= 15 is 0 Å². The maximum Gasteiger partial charge on any atom is 0.139 e. The molecule has 0 unspecified atom stereocenters. The van der Waals surface area contributed by atoms with Crippen LogP contribution in [0.5, 0.6) is 5.75 Å². The van der Waals surface area contributed by atoms with E-state index in [1.54, 1.807) is 0 Å². The molecule has 64 valence electrons. The Morgan fingerprint density at radius 1 is 1.58 bits per heavy atom. The Morgan fingerprint density at radius 2 is 2.17 bits per heavy atom. The van der Waals surface area contributed by atoms with Gasteiger partial charge in [0, 0.05) is 5.71 Å². The zero-order valence-corrected chi connectivity index (χ0v) is 6.56. The molecule has 4 heteroatoms. The fourth-order valence-electron chi connectivity index (χ4n) is 0.963. The highest BCUT2D eigenvalue weighted by Crippen LogP contribution is 2.26. The highest BCUT2D eigenvalue weighted by molar-refractivity contribution is 6.02. The number of aromatic hydroxyl groups is 1. The topological polar surface area (TPSA) is 70.1 Å². The standard InChI is InChI=1S/C8H9FN2O/c1-4(10)7-5(9)2-3-6(12)8(7)11/h2-3,10,12H,11H2,1H3. The molecule has 0 aliphatic heterocycles. The molecule has 0 atom stereocenters. The Kier molecular flexibility index (Phi) is 1.99. The summed E-state index contributed by atoms with van der Waals surface area (Å²) in [5.41, 5.74) is 5.24. The van der Waals surface area contributed by atoms with Crippen LogP contribution in [0.4, 0.5) is 10.1 Å². The second-order valence-corrected chi connectivity index (χ2v) is 2.48. The Balaban J connectivity index is 3.43. The highest BCUT2D eigenvalue weighted by atomic mass is 19.1. The van der Waals surface area contributed by atoms with Crippen LogP contribution in [-0.4, -0.2) is 10.8 Å². The minimum atomic E-state index is -0.585. The van der Waals surface area contributed by atoms with E-state index in [2.05, 4.69) is 0 Å². The molecule has 12 heavy (non-hydrogen) atoms. The predicted octanol–water partition coefficient (Wildman–Crippen LogP) is 1.50. The van der Waals surface area contributed by atoms with Crippen molar-refractivity contribution in [2.75, 3.05) is 5.73 Å². The van der Waals surface area contributed by atoms with Gasteiger partial charge < -0.3 is 16.2 Å². The van der Waals surface area contributed by atoms with Crippen LogP contribution in [0.25, 0.3) is 0 Å². The first-order chi connectivity index (χ1) is 5.54. The molecule has 0 aliphatic carbocycles. The molecule has 1 aromatic carbocycles. The van der Waals surface area contributed by atoms with Crippen molar-refractivity contribution in [3.05, 3.63) is 23.5 Å². The zero-order valence-electron chi connectivity index (χ0n) is 6.56. The molecule has 1 aromatic rings. The van der Waals surface area contributed by atoms with E-state index in [1.165, 1.54) is 6.92 Å². The van der Waals surface area contributed by atoms with Gasteiger partial charge in [0.25, 0.3) is 0 Å². The third-order valence-corrected chi connectivity index (χ3v) is 1.55. The van der Waals surface area contributed by atoms with E-state index in [0.29, 0.717) is 0 Å². The first kappa shape index (κ1) is 8.52. The van der Waals surface area contributed by atoms with Crippen molar-refractivity contribution in [3.8, 4) is 5.75 Å². The molecule has 3 nitrogen and oxygen atoms in total. The van der Waals surface area contributed by atoms with Crippen LogP contribution in [0.1, 0.15) is 12.5 Å². The second kappa shape index (κ2) is 2.81. The summed E-state index contributed by atoms with van der Waals surface area (Å²) in [6, 6.07) is 2.25. The molecule has 0 fully saturated rings. The number of benzene rings is 1. The molecule has 0 radical (unpaired) electrons. The number of rotatable bonds is 1. The summed E-state index contributed by atoms with van der Waals surface area (Å²) in [5, 5.41) is 16.3. The first-order valence-corrected chi connectivity index (χ1v) is 3.36. The molecule has 0 saturated heterocycles. The highest BCUT2D eigenvalue weighted by Gasteiger charge is 2.11. The Morgan fingerprint density at radius 3 is 2.58 bits per heavy atom. The van der Waals surface area contributed by atoms with Crippen molar-refractivity contribution < 1.29 is 9.50 Å². The Hall–Kier alpha value is -1.58. The average Bonchev–Trinajstić information content (AvgIpc) is 1.97. The van der Waals surface area contributed by atoms with E-state index in [1.807, 2.05) is 0 Å². The molecule has 0 aliphatic rings. The summed E-state index contributed by atoms with van der Waals surface area (Å²) in [6.07, 6.45) is 0. The van der Waals surface area contributed by atoms with Crippen LogP contribution >= 0.6 is 0 Å². The van der Waals surface area contributed by atoms with Crippen molar-refractivity contribution in [2.24, 2.45) is 0 Å². The smallest absolute Gasteiger partial charge is 0.139 e. The fourth-order valence-corrected chi connectivity index (χ4v) is 0.963. The van der Waals surface area contributed by atoms with Gasteiger partial charge in [-0.1, -0.05) is 0 Å². The van der Waals surface area contributed by atoms with Gasteiger partial charge in [-0.05, 0) is 19.1 Å². The third kappa shape index (κ3) is 1.23. The molecule has 0 spiro atoms. The quantitative estimate of drug-likeness (QED) is 0.338. The van der Waals surface area contributed by atoms with Crippen molar-refractivity contribution in [1.82, 2.24) is 0 Å². The van der Waals surface area contributed by atoms with E-state index in [-0.39, 0.29) is 22.7 Å². The van der Waals surface area contributed by atoms with Crippen LogP contribution in [0.3, 0.4) is 0 Å². The Labute approximate surface area is 69.1 Å². The lowest BCUT2D eigenvalue weighted by atomic mass is 10.1. The normalized spacial score (nSPS) is 9.83. The summed E-state index contributed by atoms with van der Waals surface area (Å²) in [4.78, 5) is 0. The average molecular weight is 168 g/mol. The molecule has 0 saturated carbocycles. The largest absolute Gasteiger partial charge is 0.506 e. The maximum absolute atomic E-state index is 12.9. The van der Waals surface area contributed by atoms with Gasteiger partial charge in [0.2, 0.25) is 0 Å². The minimum Gasteiger partial charge on any atom is -0.506 e. The summed E-state index contributed by atoms with van der Waals surface area (Å²) in [5.74, 6) is -0.782. The second-order valence-electron chi connectivity index (χ2n) is 2.48. The first-order valence-electron chi connectivity index (χ1n) is 3.36. The number of hydrogen-bond acceptors (Lipinski definition) is 3. The summed E-state index contributed by atoms with van der Waals surface area (Å²) < 4.78 is 12.9. The molecule has 1 rings (SSSR count). The molecule has 0 amide bonds. The summed E-state index contributed by atoms with van der Waals surface area (Å²) in [7, 11) is 0. The number of nitrogens with two attached hydrogens (primary N) is 1. The monoisotopic (exact) mass is 168 g/mol. The number of anilines is 1. The van der Waals surface area contributed by atoms with E-state index in [4.69, 9.17) is 16.2 Å². The SMILES string of the molecule is CC(=N)c1c(F)ccc(O)c1N. The molecule has 0 aromatic heterocycles. The number of nitrogens with one attached hydrogen (secondary N) is 1. The fraction of sp³-hybridized carbons (Fsp3) is 0.125. The van der Waals surface area contributed by atoms with Crippen LogP contribution in [0.2, 0.25) is 0 Å². The lowest BCUT2D eigenvalue weighted by Crippen LogP contribution is -2.03. The molecular weight excluding hydrogens is 159 g/mol. The van der Waals surface area contributed by atoms with E-state index < -0.39 is 5.82 Å². The minimum absolute atomic E-state index is 0.000833. The Bertz CT molecular complexity index is 336. The van der Waals surface area contributed by atoms with Gasteiger partial charge in [0.15, 0.2) is 0 Å². The van der Waals surface area contributed by atoms with Crippen molar-refractivity contribution in [3.63, 3.8) is 0 Å². The van der Waals surface area contributed by atoms with Gasteiger partial charge in [0.05, 0.1) is 11.3 Å². The number of hydrogen-bond donors (Lipinski definition) is 3. The molecule has 0 bridgehead atoms. The van der Waals surface area contributed by atoms with E-state index in [9.17, 15) is 4.39 Å². The molecule has 0 heterocycles. The summed E-state index contributed by atoms with van der Waals surface area (Å²) >= 11 is 0. The predicted molar refractivity (Wildman–Crippen MR) is 45.0 cm³/mol. The maximum atomic E-state index is 12.9. The number of phenols is 1. The van der Waals surface area contributed by atoms with Crippen molar-refractivity contribution in [1.29, 1.82) is 5.41 Å². The van der Waals surface area contributed by atoms with Gasteiger partial charge in [-0.3, -0.25) is 0 Å². The van der Waals surface area contributed by atoms with Crippen LogP contribution < -0.4 is 5.73 Å². The number of nitrogen functional groups attached to an aromatic ring is 1. The van der Waals surface area contributed by atoms with Crippen molar-refractivity contribution in [2.45, 2.75) is 6.92 Å². The number of phenolic OH excluding ortho intramolecular Hbond substituents is 1. The number of halogens is 1. The van der Waals surface area contributed by atoms with Crippen LogP contribution in [0.15, 0.2) is 12.1 Å². The van der Waals surface area contributed by atoms with Crippen molar-refractivity contribution >= 4 is 11.4 Å². The van der Waals surface area contributed by atoms with Crippen LogP contribution in [0, 0.1) is 11.2 Å². The van der Waals surface area contributed by atoms with Gasteiger partial charge in [-0.25, -0.2) is 4.39 Å². The lowest BCUT2D eigenvalue weighted by molar-refractivity contribution is 0.475. The zero-order chi connectivity index (χ0) is 9.30. The molecule has 4 N–H and O–H groups in total.